The fourth-order valence-corrected chi connectivity index (χ4v) is 2.03. The molecule has 1 N–H and O–H groups in total. The van der Waals surface area contributed by atoms with Crippen LogP contribution in [0.3, 0.4) is 0 Å². The number of carboxylic acids is 1. The van der Waals surface area contributed by atoms with Gasteiger partial charge in [-0.2, -0.15) is 0 Å². The lowest BCUT2D eigenvalue weighted by Gasteiger charge is -2.16. The van der Waals surface area contributed by atoms with Gasteiger partial charge in [0.1, 0.15) is 0 Å². The van der Waals surface area contributed by atoms with Gasteiger partial charge < -0.3 is 5.11 Å². The van der Waals surface area contributed by atoms with Crippen molar-refractivity contribution in [3.63, 3.8) is 0 Å². The third-order valence-corrected chi connectivity index (χ3v) is 3.19. The highest BCUT2D eigenvalue weighted by molar-refractivity contribution is 5.76. The molecule has 0 saturated carbocycles. The van der Waals surface area contributed by atoms with E-state index in [9.17, 15) is 4.79 Å². The van der Waals surface area contributed by atoms with Crippen LogP contribution in [0.25, 0.3) is 5.57 Å². The fraction of sp³-hybridized carbons (Fsp3) is 0.357. The Labute approximate surface area is 95.6 Å². The SMILES string of the molecule is CCC(C(=O)O)c1ccc(C2=CCC2)cc1. The summed E-state index contributed by atoms with van der Waals surface area (Å²) >= 11 is 0. The van der Waals surface area contributed by atoms with Crippen molar-refractivity contribution in [2.75, 3.05) is 0 Å². The predicted octanol–water partition coefficient (Wildman–Crippen LogP) is 3.44. The van der Waals surface area contributed by atoms with E-state index in [4.69, 9.17) is 5.11 Å². The van der Waals surface area contributed by atoms with Crippen molar-refractivity contribution >= 4 is 11.5 Å². The molecule has 1 atom stereocenters. The summed E-state index contributed by atoms with van der Waals surface area (Å²) in [5, 5.41) is 9.05. The largest absolute Gasteiger partial charge is 0.481 e. The molecule has 0 amide bonds. The molecular formula is C14H16O2. The van der Waals surface area contributed by atoms with E-state index in [1.807, 2.05) is 31.2 Å². The van der Waals surface area contributed by atoms with Gasteiger partial charge in [0.25, 0.3) is 0 Å². The second-order valence-corrected chi connectivity index (χ2v) is 4.19. The molecule has 1 unspecified atom stereocenters. The summed E-state index contributed by atoms with van der Waals surface area (Å²) in [5.41, 5.74) is 3.52. The lowest BCUT2D eigenvalue weighted by molar-refractivity contribution is -0.138. The first-order valence-corrected chi connectivity index (χ1v) is 5.74. The molecule has 0 aromatic heterocycles. The van der Waals surface area contributed by atoms with Gasteiger partial charge in [-0.3, -0.25) is 4.79 Å². The van der Waals surface area contributed by atoms with Crippen LogP contribution >= 0.6 is 0 Å². The van der Waals surface area contributed by atoms with Gasteiger partial charge in [-0.05, 0) is 36.0 Å². The molecule has 0 aliphatic heterocycles. The van der Waals surface area contributed by atoms with Gasteiger partial charge in [0, 0.05) is 0 Å². The van der Waals surface area contributed by atoms with E-state index in [0.717, 1.165) is 12.0 Å². The molecule has 84 valence electrons. The van der Waals surface area contributed by atoms with Gasteiger partial charge in [-0.15, -0.1) is 0 Å². The maximum absolute atomic E-state index is 11.0. The third-order valence-electron chi connectivity index (χ3n) is 3.19. The molecule has 2 rings (SSSR count). The maximum Gasteiger partial charge on any atom is 0.310 e. The Morgan fingerprint density at radius 2 is 2.00 bits per heavy atom. The van der Waals surface area contributed by atoms with Crippen molar-refractivity contribution < 1.29 is 9.90 Å². The van der Waals surface area contributed by atoms with Crippen molar-refractivity contribution in [1.29, 1.82) is 0 Å². The van der Waals surface area contributed by atoms with Gasteiger partial charge >= 0.3 is 5.97 Å². The number of aliphatic carboxylic acids is 1. The van der Waals surface area contributed by atoms with Gasteiger partial charge in [-0.25, -0.2) is 0 Å². The molecule has 2 nitrogen and oxygen atoms in total. The average Bonchev–Trinajstić information content (AvgIpc) is 2.18. The topological polar surface area (TPSA) is 37.3 Å². The van der Waals surface area contributed by atoms with Crippen molar-refractivity contribution in [3.8, 4) is 0 Å². The van der Waals surface area contributed by atoms with Gasteiger partial charge in [0.05, 0.1) is 5.92 Å². The first kappa shape index (κ1) is 10.9. The minimum Gasteiger partial charge on any atom is -0.481 e. The normalized spacial score (nSPS) is 16.2. The number of carboxylic acid groups (broad SMARTS) is 1. The fourth-order valence-electron chi connectivity index (χ4n) is 2.03. The molecule has 0 saturated heterocycles. The van der Waals surface area contributed by atoms with Gasteiger partial charge in [0.15, 0.2) is 0 Å². The Bertz CT molecular complexity index is 415. The summed E-state index contributed by atoms with van der Waals surface area (Å²) in [6.07, 6.45) is 5.18. The summed E-state index contributed by atoms with van der Waals surface area (Å²) in [5.74, 6) is -1.11. The van der Waals surface area contributed by atoms with E-state index >= 15 is 0 Å². The summed E-state index contributed by atoms with van der Waals surface area (Å²) in [6.45, 7) is 1.90. The van der Waals surface area contributed by atoms with Crippen molar-refractivity contribution in [1.82, 2.24) is 0 Å². The molecule has 1 aromatic carbocycles. The molecule has 1 aromatic rings. The zero-order valence-electron chi connectivity index (χ0n) is 9.44. The Morgan fingerprint density at radius 1 is 1.38 bits per heavy atom. The molecule has 0 bridgehead atoms. The smallest absolute Gasteiger partial charge is 0.310 e. The van der Waals surface area contributed by atoms with Gasteiger partial charge in [0.2, 0.25) is 0 Å². The number of carbonyl (C=O) groups is 1. The standard InChI is InChI=1S/C14H16O2/c1-2-13(14(15)16)12-8-6-11(7-9-12)10-4-3-5-10/h4,6-9,13H,2-3,5H2,1H3,(H,15,16). The number of rotatable bonds is 4. The molecular weight excluding hydrogens is 200 g/mol. The van der Waals surface area contributed by atoms with Crippen LogP contribution < -0.4 is 0 Å². The molecule has 0 fully saturated rings. The van der Waals surface area contributed by atoms with E-state index in [2.05, 4.69) is 6.08 Å². The van der Waals surface area contributed by atoms with Crippen LogP contribution in [-0.4, -0.2) is 11.1 Å². The van der Waals surface area contributed by atoms with Crippen LogP contribution in [0.4, 0.5) is 0 Å². The lowest BCUT2D eigenvalue weighted by Crippen LogP contribution is -2.10. The second-order valence-electron chi connectivity index (χ2n) is 4.19. The van der Waals surface area contributed by atoms with Crippen LogP contribution in [0, 0.1) is 0 Å². The van der Waals surface area contributed by atoms with Crippen LogP contribution in [0.1, 0.15) is 43.2 Å². The monoisotopic (exact) mass is 216 g/mol. The average molecular weight is 216 g/mol. The molecule has 16 heavy (non-hydrogen) atoms. The van der Waals surface area contributed by atoms with Crippen LogP contribution in [0.5, 0.6) is 0 Å². The highest BCUT2D eigenvalue weighted by Gasteiger charge is 2.17. The predicted molar refractivity (Wildman–Crippen MR) is 64.3 cm³/mol. The summed E-state index contributed by atoms with van der Waals surface area (Å²) in [4.78, 5) is 11.0. The second kappa shape index (κ2) is 4.52. The number of allylic oxidation sites excluding steroid dienone is 2. The molecule has 1 aliphatic rings. The number of benzene rings is 1. The van der Waals surface area contributed by atoms with Crippen molar-refractivity contribution in [2.24, 2.45) is 0 Å². The molecule has 0 spiro atoms. The van der Waals surface area contributed by atoms with Crippen molar-refractivity contribution in [2.45, 2.75) is 32.1 Å². The van der Waals surface area contributed by atoms with E-state index < -0.39 is 5.97 Å². The van der Waals surface area contributed by atoms with Gasteiger partial charge in [-0.1, -0.05) is 37.3 Å². The van der Waals surface area contributed by atoms with Crippen LogP contribution in [0.2, 0.25) is 0 Å². The Hall–Kier alpha value is -1.57. The summed E-state index contributed by atoms with van der Waals surface area (Å²) in [7, 11) is 0. The highest BCUT2D eigenvalue weighted by atomic mass is 16.4. The highest BCUT2D eigenvalue weighted by Crippen LogP contribution is 2.30. The zero-order valence-corrected chi connectivity index (χ0v) is 9.44. The molecule has 1 aliphatic carbocycles. The maximum atomic E-state index is 11.0. The number of hydrogen-bond donors (Lipinski definition) is 1. The number of hydrogen-bond acceptors (Lipinski definition) is 1. The van der Waals surface area contributed by atoms with Crippen LogP contribution in [0.15, 0.2) is 30.3 Å². The lowest BCUT2D eigenvalue weighted by atomic mass is 9.89. The Morgan fingerprint density at radius 3 is 2.38 bits per heavy atom. The minimum absolute atomic E-state index is 0.371. The van der Waals surface area contributed by atoms with E-state index in [-0.39, 0.29) is 5.92 Å². The Kier molecular flexibility index (Phi) is 3.09. The quantitative estimate of drug-likeness (QED) is 0.837. The van der Waals surface area contributed by atoms with E-state index in [1.165, 1.54) is 17.6 Å². The van der Waals surface area contributed by atoms with E-state index in [0.29, 0.717) is 6.42 Å². The first-order chi connectivity index (χ1) is 7.72. The molecule has 0 heterocycles. The summed E-state index contributed by atoms with van der Waals surface area (Å²) < 4.78 is 0. The molecule has 2 heteroatoms. The zero-order chi connectivity index (χ0) is 11.5. The third kappa shape index (κ3) is 2.01. The van der Waals surface area contributed by atoms with Crippen LogP contribution in [-0.2, 0) is 4.79 Å². The van der Waals surface area contributed by atoms with Crippen molar-refractivity contribution in [3.05, 3.63) is 41.5 Å². The summed E-state index contributed by atoms with van der Waals surface area (Å²) in [6, 6.07) is 7.95. The molecule has 0 radical (unpaired) electrons. The first-order valence-electron chi connectivity index (χ1n) is 5.74. The Balaban J connectivity index is 2.20. The minimum atomic E-state index is -0.738. The van der Waals surface area contributed by atoms with E-state index in [1.54, 1.807) is 0 Å².